The number of benzene rings is 2. The molecule has 0 fully saturated rings. The van der Waals surface area contributed by atoms with Gasteiger partial charge in [-0.3, -0.25) is 4.79 Å². The van der Waals surface area contributed by atoms with E-state index in [1.165, 1.54) is 23.4 Å². The van der Waals surface area contributed by atoms with Gasteiger partial charge in [-0.1, -0.05) is 28.1 Å². The van der Waals surface area contributed by atoms with Gasteiger partial charge in [-0.2, -0.15) is 5.10 Å². The Kier molecular flexibility index (Phi) is 4.94. The minimum absolute atomic E-state index is 0.0526. The van der Waals surface area contributed by atoms with Crippen LogP contribution in [-0.2, 0) is 0 Å². The largest absolute Gasteiger partial charge is 0.335 e. The van der Waals surface area contributed by atoms with Gasteiger partial charge in [-0.15, -0.1) is 0 Å². The summed E-state index contributed by atoms with van der Waals surface area (Å²) in [7, 11) is 1.67. The van der Waals surface area contributed by atoms with Crippen molar-refractivity contribution in [3.05, 3.63) is 76.5 Å². The first kappa shape index (κ1) is 17.3. The molecule has 0 unspecified atom stereocenters. The second kappa shape index (κ2) is 7.14. The molecule has 5 nitrogen and oxygen atoms in total. The normalized spacial score (nSPS) is 12.0. The molecule has 1 atom stereocenters. The molecule has 0 aliphatic heterocycles. The Balaban J connectivity index is 1.79. The zero-order chi connectivity index (χ0) is 18.0. The third-order valence-corrected chi connectivity index (χ3v) is 4.61. The van der Waals surface area contributed by atoms with Crippen molar-refractivity contribution in [3.8, 4) is 5.69 Å². The quantitative estimate of drug-likeness (QED) is 0.662. The molecule has 3 aromatic rings. The van der Waals surface area contributed by atoms with Gasteiger partial charge in [0.25, 0.3) is 5.91 Å². The van der Waals surface area contributed by atoms with E-state index in [1.54, 1.807) is 24.1 Å². The van der Waals surface area contributed by atoms with Crippen molar-refractivity contribution >= 4 is 21.8 Å². The maximum atomic E-state index is 14.0. The first-order chi connectivity index (χ1) is 12.0. The van der Waals surface area contributed by atoms with Gasteiger partial charge in [-0.05, 0) is 42.8 Å². The Bertz CT molecular complexity index is 881. The second-order valence-corrected chi connectivity index (χ2v) is 6.56. The van der Waals surface area contributed by atoms with E-state index in [9.17, 15) is 9.18 Å². The summed E-state index contributed by atoms with van der Waals surface area (Å²) in [6.07, 6.45) is 3.08. The maximum absolute atomic E-state index is 14.0. The monoisotopic (exact) mass is 402 g/mol. The summed E-state index contributed by atoms with van der Waals surface area (Å²) in [6.45, 7) is 1.90. The number of hydrogen-bond donors (Lipinski definition) is 0. The van der Waals surface area contributed by atoms with E-state index in [2.05, 4.69) is 26.0 Å². The van der Waals surface area contributed by atoms with Gasteiger partial charge in [-0.25, -0.2) is 14.1 Å². The van der Waals surface area contributed by atoms with Crippen LogP contribution in [0.3, 0.4) is 0 Å². The number of halogens is 2. The molecule has 1 heterocycles. The van der Waals surface area contributed by atoms with E-state index in [0.717, 1.165) is 11.3 Å². The van der Waals surface area contributed by atoms with Crippen LogP contribution >= 0.6 is 15.9 Å². The predicted molar refractivity (Wildman–Crippen MR) is 96.0 cm³/mol. The van der Waals surface area contributed by atoms with Gasteiger partial charge < -0.3 is 4.90 Å². The zero-order valence-corrected chi connectivity index (χ0v) is 15.3. The Hall–Kier alpha value is -2.54. The predicted octanol–water partition coefficient (Wildman–Crippen LogP) is 4.00. The molecular formula is C18H16BrFN4O. The molecule has 0 aliphatic rings. The lowest BCUT2D eigenvalue weighted by atomic mass is 10.1. The molecule has 2 aromatic carbocycles. The molecule has 1 aromatic heterocycles. The summed E-state index contributed by atoms with van der Waals surface area (Å²) in [5.74, 6) is -0.905. The van der Waals surface area contributed by atoms with E-state index >= 15 is 0 Å². The van der Waals surface area contributed by atoms with Crippen molar-refractivity contribution in [1.82, 2.24) is 19.7 Å². The second-order valence-electron chi connectivity index (χ2n) is 5.65. The SMILES string of the molecule is C[C@H](c1ccc(-n2cncn2)cc1)N(C)C(=O)c1ccc(Br)cc1F. The molecule has 0 spiro atoms. The van der Waals surface area contributed by atoms with Crippen LogP contribution in [0.15, 0.2) is 59.6 Å². The fraction of sp³-hybridized carbons (Fsp3) is 0.167. The summed E-state index contributed by atoms with van der Waals surface area (Å²) >= 11 is 3.19. The van der Waals surface area contributed by atoms with Crippen LogP contribution in [0, 0.1) is 5.82 Å². The summed E-state index contributed by atoms with van der Waals surface area (Å²) in [5.41, 5.74) is 1.87. The highest BCUT2D eigenvalue weighted by Crippen LogP contribution is 2.24. The van der Waals surface area contributed by atoms with E-state index in [-0.39, 0.29) is 17.5 Å². The van der Waals surface area contributed by atoms with Gasteiger partial charge in [0.15, 0.2) is 0 Å². The Morgan fingerprint density at radius 3 is 2.56 bits per heavy atom. The number of amides is 1. The summed E-state index contributed by atoms with van der Waals surface area (Å²) in [6, 6.07) is 11.9. The average Bonchev–Trinajstić information content (AvgIpc) is 3.15. The van der Waals surface area contributed by atoms with Gasteiger partial charge in [0.1, 0.15) is 18.5 Å². The zero-order valence-electron chi connectivity index (χ0n) is 13.7. The minimum atomic E-state index is -0.542. The molecule has 0 aliphatic carbocycles. The molecule has 0 bridgehead atoms. The lowest BCUT2D eigenvalue weighted by Crippen LogP contribution is -2.30. The third kappa shape index (κ3) is 3.61. The first-order valence-corrected chi connectivity index (χ1v) is 8.44. The van der Waals surface area contributed by atoms with E-state index in [4.69, 9.17) is 0 Å². The van der Waals surface area contributed by atoms with Crippen LogP contribution in [0.5, 0.6) is 0 Å². The van der Waals surface area contributed by atoms with Crippen LogP contribution in [0.25, 0.3) is 5.69 Å². The minimum Gasteiger partial charge on any atom is -0.335 e. The molecular weight excluding hydrogens is 387 g/mol. The van der Waals surface area contributed by atoms with Crippen molar-refractivity contribution < 1.29 is 9.18 Å². The van der Waals surface area contributed by atoms with Crippen molar-refractivity contribution in [2.75, 3.05) is 7.05 Å². The van der Waals surface area contributed by atoms with Crippen molar-refractivity contribution in [2.45, 2.75) is 13.0 Å². The topological polar surface area (TPSA) is 51.0 Å². The number of hydrogen-bond acceptors (Lipinski definition) is 3. The molecule has 0 saturated carbocycles. The van der Waals surface area contributed by atoms with Crippen molar-refractivity contribution in [1.29, 1.82) is 0 Å². The summed E-state index contributed by atoms with van der Waals surface area (Å²) in [5, 5.41) is 4.08. The number of aromatic nitrogens is 3. The van der Waals surface area contributed by atoms with E-state index in [1.807, 2.05) is 31.2 Å². The van der Waals surface area contributed by atoms with Crippen molar-refractivity contribution in [3.63, 3.8) is 0 Å². The number of nitrogens with zero attached hydrogens (tertiary/aromatic N) is 4. The smallest absolute Gasteiger partial charge is 0.257 e. The standard InChI is InChI=1S/C18H16BrFN4O/c1-12(13-3-6-15(7-4-13)24-11-21-10-22-24)23(2)18(25)16-8-5-14(19)9-17(16)20/h3-12H,1-2H3/t12-/m1/s1. The molecule has 0 N–H and O–H groups in total. The Morgan fingerprint density at radius 1 is 1.24 bits per heavy atom. The lowest BCUT2D eigenvalue weighted by Gasteiger charge is -2.26. The molecule has 0 radical (unpaired) electrons. The molecule has 0 saturated heterocycles. The fourth-order valence-corrected chi connectivity index (χ4v) is 2.83. The first-order valence-electron chi connectivity index (χ1n) is 7.64. The maximum Gasteiger partial charge on any atom is 0.257 e. The molecule has 25 heavy (non-hydrogen) atoms. The Labute approximate surface area is 153 Å². The average molecular weight is 403 g/mol. The van der Waals surface area contributed by atoms with Crippen LogP contribution in [0.4, 0.5) is 4.39 Å². The number of rotatable bonds is 4. The van der Waals surface area contributed by atoms with Gasteiger partial charge in [0, 0.05) is 11.5 Å². The van der Waals surface area contributed by atoms with E-state index in [0.29, 0.717) is 4.47 Å². The summed E-state index contributed by atoms with van der Waals surface area (Å²) in [4.78, 5) is 18.0. The fourth-order valence-electron chi connectivity index (χ4n) is 2.50. The van der Waals surface area contributed by atoms with Gasteiger partial charge in [0.05, 0.1) is 17.3 Å². The molecule has 3 rings (SSSR count). The van der Waals surface area contributed by atoms with E-state index < -0.39 is 5.82 Å². The van der Waals surface area contributed by atoms with Crippen LogP contribution in [0.1, 0.15) is 28.9 Å². The number of carbonyl (C=O) groups excluding carboxylic acids is 1. The highest BCUT2D eigenvalue weighted by atomic mass is 79.9. The molecule has 1 amide bonds. The van der Waals surface area contributed by atoms with Crippen LogP contribution in [0.2, 0.25) is 0 Å². The molecule has 128 valence electrons. The van der Waals surface area contributed by atoms with Gasteiger partial charge in [0.2, 0.25) is 0 Å². The number of carbonyl (C=O) groups is 1. The molecule has 7 heteroatoms. The lowest BCUT2D eigenvalue weighted by molar-refractivity contribution is 0.0738. The highest BCUT2D eigenvalue weighted by Gasteiger charge is 2.21. The van der Waals surface area contributed by atoms with Gasteiger partial charge >= 0.3 is 0 Å². The van der Waals surface area contributed by atoms with Crippen LogP contribution in [-0.4, -0.2) is 32.6 Å². The third-order valence-electron chi connectivity index (χ3n) is 4.12. The summed E-state index contributed by atoms with van der Waals surface area (Å²) < 4.78 is 16.3. The Morgan fingerprint density at radius 2 is 1.96 bits per heavy atom. The van der Waals surface area contributed by atoms with Crippen LogP contribution < -0.4 is 0 Å². The highest BCUT2D eigenvalue weighted by molar-refractivity contribution is 9.10. The van der Waals surface area contributed by atoms with Crippen molar-refractivity contribution in [2.24, 2.45) is 0 Å².